The molecule has 3 nitrogen and oxygen atoms in total. The molecule has 2 aromatic rings. The van der Waals surface area contributed by atoms with E-state index in [1.165, 1.54) is 24.3 Å². The molecule has 3 rings (SSSR count). The Hall–Kier alpha value is -2.46. The maximum absolute atomic E-state index is 12.9. The van der Waals surface area contributed by atoms with Gasteiger partial charge in [0.05, 0.1) is 0 Å². The van der Waals surface area contributed by atoms with Crippen LogP contribution in [-0.2, 0) is 9.53 Å². The predicted octanol–water partition coefficient (Wildman–Crippen LogP) is 3.82. The Morgan fingerprint density at radius 3 is 2.52 bits per heavy atom. The largest absolute Gasteiger partial charge is 0.402 e. The lowest BCUT2D eigenvalue weighted by Crippen LogP contribution is -2.05. The van der Waals surface area contributed by atoms with Crippen molar-refractivity contribution in [3.63, 3.8) is 0 Å². The van der Waals surface area contributed by atoms with Gasteiger partial charge >= 0.3 is 5.97 Å². The van der Waals surface area contributed by atoms with E-state index in [0.717, 1.165) is 0 Å². The first-order valence-electron chi connectivity index (χ1n) is 6.16. The summed E-state index contributed by atoms with van der Waals surface area (Å²) in [5.74, 6) is -0.775. The summed E-state index contributed by atoms with van der Waals surface area (Å²) in [4.78, 5) is 15.9. The van der Waals surface area contributed by atoms with Gasteiger partial charge in [-0.2, -0.15) is 0 Å². The molecule has 5 heteroatoms. The van der Waals surface area contributed by atoms with Crippen LogP contribution in [0.25, 0.3) is 6.08 Å². The Kier molecular flexibility index (Phi) is 3.54. The fraction of sp³-hybridized carbons (Fsp3) is 0. The fourth-order valence-corrected chi connectivity index (χ4v) is 2.05. The van der Waals surface area contributed by atoms with Crippen LogP contribution in [0.2, 0.25) is 5.02 Å². The third kappa shape index (κ3) is 2.85. The SMILES string of the molecule is O=C1OC(c2ccc(F)cc2)=NC1=Cc1ccccc1Cl. The van der Waals surface area contributed by atoms with E-state index in [9.17, 15) is 9.18 Å². The van der Waals surface area contributed by atoms with E-state index >= 15 is 0 Å². The highest BCUT2D eigenvalue weighted by Crippen LogP contribution is 2.23. The molecular formula is C16H9ClFNO2. The minimum Gasteiger partial charge on any atom is -0.402 e. The van der Waals surface area contributed by atoms with Crippen molar-refractivity contribution in [3.8, 4) is 0 Å². The van der Waals surface area contributed by atoms with Crippen molar-refractivity contribution >= 4 is 29.5 Å². The van der Waals surface area contributed by atoms with Crippen LogP contribution in [0.15, 0.2) is 59.2 Å². The van der Waals surface area contributed by atoms with E-state index in [4.69, 9.17) is 16.3 Å². The maximum Gasteiger partial charge on any atom is 0.363 e. The van der Waals surface area contributed by atoms with Gasteiger partial charge in [0.15, 0.2) is 5.70 Å². The summed E-state index contributed by atoms with van der Waals surface area (Å²) in [5, 5.41) is 0.517. The minimum atomic E-state index is -0.561. The maximum atomic E-state index is 12.9. The molecule has 0 saturated carbocycles. The van der Waals surface area contributed by atoms with Gasteiger partial charge in [0.1, 0.15) is 5.82 Å². The van der Waals surface area contributed by atoms with Gasteiger partial charge in [-0.25, -0.2) is 14.2 Å². The molecule has 0 N–H and O–H groups in total. The highest BCUT2D eigenvalue weighted by Gasteiger charge is 2.24. The van der Waals surface area contributed by atoms with Gasteiger partial charge < -0.3 is 4.74 Å². The number of carbonyl (C=O) groups is 1. The van der Waals surface area contributed by atoms with E-state index in [1.54, 1.807) is 24.3 Å². The van der Waals surface area contributed by atoms with Crippen molar-refractivity contribution in [1.29, 1.82) is 0 Å². The molecule has 0 fully saturated rings. The number of cyclic esters (lactones) is 1. The van der Waals surface area contributed by atoms with Crippen LogP contribution in [-0.4, -0.2) is 11.9 Å². The fourth-order valence-electron chi connectivity index (χ4n) is 1.86. The topological polar surface area (TPSA) is 38.7 Å². The molecule has 104 valence electrons. The third-order valence-electron chi connectivity index (χ3n) is 2.91. The van der Waals surface area contributed by atoms with Gasteiger partial charge in [-0.15, -0.1) is 0 Å². The van der Waals surface area contributed by atoms with Crippen molar-refractivity contribution < 1.29 is 13.9 Å². The number of hydrogen-bond acceptors (Lipinski definition) is 3. The number of rotatable bonds is 2. The Bertz CT molecular complexity index is 766. The minimum absolute atomic E-state index is 0.151. The van der Waals surface area contributed by atoms with E-state index in [1.807, 2.05) is 6.07 Å². The monoisotopic (exact) mass is 301 g/mol. The van der Waals surface area contributed by atoms with Crippen LogP contribution >= 0.6 is 11.6 Å². The van der Waals surface area contributed by atoms with Gasteiger partial charge in [0.2, 0.25) is 5.90 Å². The first-order valence-corrected chi connectivity index (χ1v) is 6.54. The summed E-state index contributed by atoms with van der Waals surface area (Å²) >= 11 is 6.03. The van der Waals surface area contributed by atoms with Crippen LogP contribution < -0.4 is 0 Å². The molecule has 0 unspecified atom stereocenters. The molecular weight excluding hydrogens is 293 g/mol. The Morgan fingerprint density at radius 2 is 1.81 bits per heavy atom. The number of carbonyl (C=O) groups excluding carboxylic acids is 1. The van der Waals surface area contributed by atoms with Crippen molar-refractivity contribution in [3.05, 3.63) is 76.2 Å². The lowest BCUT2D eigenvalue weighted by atomic mass is 10.2. The molecule has 1 aliphatic rings. The highest BCUT2D eigenvalue weighted by atomic mass is 35.5. The lowest BCUT2D eigenvalue weighted by Gasteiger charge is -1.98. The summed E-state index contributed by atoms with van der Waals surface area (Å²) in [6, 6.07) is 12.7. The second-order valence-electron chi connectivity index (χ2n) is 4.36. The van der Waals surface area contributed by atoms with Gasteiger partial charge in [-0.1, -0.05) is 29.8 Å². The molecule has 21 heavy (non-hydrogen) atoms. The number of esters is 1. The average Bonchev–Trinajstić information content (AvgIpc) is 2.83. The van der Waals surface area contributed by atoms with Crippen LogP contribution in [0, 0.1) is 5.82 Å². The first-order chi connectivity index (χ1) is 10.1. The second kappa shape index (κ2) is 5.50. The van der Waals surface area contributed by atoms with Gasteiger partial charge in [0, 0.05) is 10.6 Å². The number of nitrogens with zero attached hydrogens (tertiary/aromatic N) is 1. The van der Waals surface area contributed by atoms with Crippen molar-refractivity contribution in [1.82, 2.24) is 0 Å². The molecule has 0 radical (unpaired) electrons. The quantitative estimate of drug-likeness (QED) is 0.625. The molecule has 0 aliphatic carbocycles. The van der Waals surface area contributed by atoms with E-state index in [-0.39, 0.29) is 17.4 Å². The number of benzene rings is 2. The molecule has 0 amide bonds. The van der Waals surface area contributed by atoms with Gasteiger partial charge in [-0.3, -0.25) is 0 Å². The summed E-state index contributed by atoms with van der Waals surface area (Å²) in [7, 11) is 0. The standard InChI is InChI=1S/C16H9ClFNO2/c17-13-4-2-1-3-11(13)9-14-16(20)21-15(19-14)10-5-7-12(18)8-6-10/h1-9H. The normalized spacial score (nSPS) is 16.0. The summed E-state index contributed by atoms with van der Waals surface area (Å²) < 4.78 is 18.0. The van der Waals surface area contributed by atoms with Crippen molar-refractivity contribution in [2.24, 2.45) is 4.99 Å². The Morgan fingerprint density at radius 1 is 1.10 bits per heavy atom. The number of ether oxygens (including phenoxy) is 1. The summed E-state index contributed by atoms with van der Waals surface area (Å²) in [6.07, 6.45) is 1.56. The summed E-state index contributed by atoms with van der Waals surface area (Å²) in [6.45, 7) is 0. The molecule has 0 atom stereocenters. The predicted molar refractivity (Wildman–Crippen MR) is 78.5 cm³/mol. The number of hydrogen-bond donors (Lipinski definition) is 0. The molecule has 0 saturated heterocycles. The number of halogens is 2. The lowest BCUT2D eigenvalue weighted by molar-refractivity contribution is -0.129. The van der Waals surface area contributed by atoms with E-state index in [0.29, 0.717) is 16.1 Å². The van der Waals surface area contributed by atoms with E-state index < -0.39 is 5.97 Å². The smallest absolute Gasteiger partial charge is 0.363 e. The number of aliphatic imine (C=N–C) groups is 1. The second-order valence-corrected chi connectivity index (χ2v) is 4.77. The van der Waals surface area contributed by atoms with Crippen LogP contribution in [0.5, 0.6) is 0 Å². The van der Waals surface area contributed by atoms with Gasteiger partial charge in [0.25, 0.3) is 0 Å². The van der Waals surface area contributed by atoms with Crippen LogP contribution in [0.3, 0.4) is 0 Å². The van der Waals surface area contributed by atoms with Crippen LogP contribution in [0.1, 0.15) is 11.1 Å². The first kappa shape index (κ1) is 13.5. The molecule has 1 aliphatic heterocycles. The molecule has 0 aromatic heterocycles. The highest BCUT2D eigenvalue weighted by molar-refractivity contribution is 6.32. The molecule has 1 heterocycles. The van der Waals surface area contributed by atoms with E-state index in [2.05, 4.69) is 4.99 Å². The zero-order valence-corrected chi connectivity index (χ0v) is 11.5. The van der Waals surface area contributed by atoms with Crippen molar-refractivity contribution in [2.45, 2.75) is 0 Å². The third-order valence-corrected chi connectivity index (χ3v) is 3.25. The average molecular weight is 302 g/mol. The Balaban J connectivity index is 1.96. The molecule has 0 bridgehead atoms. The molecule has 2 aromatic carbocycles. The zero-order valence-electron chi connectivity index (χ0n) is 10.7. The molecule has 0 spiro atoms. The van der Waals surface area contributed by atoms with Crippen LogP contribution in [0.4, 0.5) is 4.39 Å². The van der Waals surface area contributed by atoms with Gasteiger partial charge in [-0.05, 0) is 42.0 Å². The van der Waals surface area contributed by atoms with Crippen molar-refractivity contribution in [2.75, 3.05) is 0 Å². The zero-order chi connectivity index (χ0) is 14.8. The summed E-state index contributed by atoms with van der Waals surface area (Å²) in [5.41, 5.74) is 1.37. The Labute approximate surface area is 125 Å².